The number of thioether (sulfide) groups is 1. The predicted molar refractivity (Wildman–Crippen MR) is 121 cm³/mol. The first kappa shape index (κ1) is 25.0. The quantitative estimate of drug-likeness (QED) is 0.492. The largest absolute Gasteiger partial charge is 0.448 e. The highest BCUT2D eigenvalue weighted by Crippen LogP contribution is 2.25. The lowest BCUT2D eigenvalue weighted by molar-refractivity contribution is 0.169. The highest BCUT2D eigenvalue weighted by molar-refractivity contribution is 7.98. The molecule has 2 N–H and O–H groups in total. The first-order chi connectivity index (χ1) is 14.1. The Bertz CT molecular complexity index is 782. The summed E-state index contributed by atoms with van der Waals surface area (Å²) in [7, 11) is 0. The Hall–Kier alpha value is -2.03. The smallest absolute Gasteiger partial charge is 0.413 e. The van der Waals surface area contributed by atoms with Crippen molar-refractivity contribution < 1.29 is 9.53 Å². The van der Waals surface area contributed by atoms with Crippen LogP contribution in [-0.2, 0) is 4.74 Å². The predicted octanol–water partition coefficient (Wildman–Crippen LogP) is 4.98. The van der Waals surface area contributed by atoms with E-state index in [0.29, 0.717) is 18.0 Å². The van der Waals surface area contributed by atoms with Crippen molar-refractivity contribution in [2.45, 2.75) is 72.3 Å². The summed E-state index contributed by atoms with van der Waals surface area (Å²) in [6, 6.07) is 0.241. The minimum absolute atomic E-state index is 0.0770. The van der Waals surface area contributed by atoms with E-state index >= 15 is 0 Å². The maximum Gasteiger partial charge on any atom is 0.413 e. The summed E-state index contributed by atoms with van der Waals surface area (Å²) in [6.07, 6.45) is 9.42. The van der Waals surface area contributed by atoms with Gasteiger partial charge in [0.2, 0.25) is 5.95 Å². The van der Waals surface area contributed by atoms with Crippen molar-refractivity contribution in [1.82, 2.24) is 19.5 Å². The first-order valence-electron chi connectivity index (χ1n) is 10.5. The molecular formula is C20H35N5O3S. The molecule has 0 fully saturated rings. The van der Waals surface area contributed by atoms with Crippen LogP contribution in [0.5, 0.6) is 0 Å². The Kier molecular flexibility index (Phi) is 12.1. The number of unbranched alkanes of at least 4 members (excludes halogenated alkanes) is 2. The van der Waals surface area contributed by atoms with Gasteiger partial charge in [-0.05, 0) is 19.1 Å². The second-order valence-corrected chi connectivity index (χ2v) is 7.42. The van der Waals surface area contributed by atoms with Gasteiger partial charge in [-0.1, -0.05) is 53.4 Å². The number of imidazole rings is 1. The Morgan fingerprint density at radius 3 is 2.52 bits per heavy atom. The van der Waals surface area contributed by atoms with Gasteiger partial charge >= 0.3 is 6.09 Å². The molecule has 9 heteroatoms. The summed E-state index contributed by atoms with van der Waals surface area (Å²) >= 11 is 1.58. The van der Waals surface area contributed by atoms with Crippen molar-refractivity contribution in [1.29, 1.82) is 0 Å². The van der Waals surface area contributed by atoms with E-state index in [4.69, 9.17) is 4.74 Å². The third kappa shape index (κ3) is 7.72. The van der Waals surface area contributed by atoms with Gasteiger partial charge in [-0.2, -0.15) is 16.7 Å². The van der Waals surface area contributed by atoms with Gasteiger partial charge in [0, 0.05) is 11.8 Å². The SMILES string of the molecule is CC.CCCCC(CCCC)n1cnc2c(=O)[nH]c(NC(=O)OCCSC)nc21. The zero-order valence-electron chi connectivity index (χ0n) is 18.3. The molecule has 2 heterocycles. The average molecular weight is 426 g/mol. The topological polar surface area (TPSA) is 102 Å². The maximum atomic E-state index is 12.3. The van der Waals surface area contributed by atoms with E-state index in [0.717, 1.165) is 38.5 Å². The normalized spacial score (nSPS) is 10.7. The second-order valence-electron chi connectivity index (χ2n) is 6.43. The number of aromatic amines is 1. The van der Waals surface area contributed by atoms with E-state index in [1.807, 2.05) is 24.7 Å². The van der Waals surface area contributed by atoms with Gasteiger partial charge in [0.15, 0.2) is 11.2 Å². The number of amides is 1. The molecular weight excluding hydrogens is 390 g/mol. The highest BCUT2D eigenvalue weighted by atomic mass is 32.2. The summed E-state index contributed by atoms with van der Waals surface area (Å²) in [6.45, 7) is 8.63. The zero-order chi connectivity index (χ0) is 21.6. The van der Waals surface area contributed by atoms with Crippen LogP contribution in [0.1, 0.15) is 72.3 Å². The molecule has 0 aromatic carbocycles. The Morgan fingerprint density at radius 2 is 1.93 bits per heavy atom. The summed E-state index contributed by atoms with van der Waals surface area (Å²) in [5.74, 6) is 0.785. The lowest BCUT2D eigenvalue weighted by Crippen LogP contribution is -2.21. The van der Waals surface area contributed by atoms with Crippen molar-refractivity contribution in [3.63, 3.8) is 0 Å². The fourth-order valence-electron chi connectivity index (χ4n) is 2.90. The van der Waals surface area contributed by atoms with Crippen LogP contribution in [0, 0.1) is 0 Å². The maximum absolute atomic E-state index is 12.3. The van der Waals surface area contributed by atoms with Crippen LogP contribution in [0.4, 0.5) is 10.7 Å². The molecule has 0 aliphatic carbocycles. The van der Waals surface area contributed by atoms with Crippen molar-refractivity contribution >= 4 is 35.0 Å². The zero-order valence-corrected chi connectivity index (χ0v) is 19.1. The summed E-state index contributed by atoms with van der Waals surface area (Å²) in [4.78, 5) is 35.4. The van der Waals surface area contributed by atoms with E-state index in [-0.39, 0.29) is 23.1 Å². The lowest BCUT2D eigenvalue weighted by atomic mass is 10.0. The Morgan fingerprint density at radius 1 is 1.28 bits per heavy atom. The Balaban J connectivity index is 0.00000204. The number of hydrogen-bond acceptors (Lipinski definition) is 6. The summed E-state index contributed by atoms with van der Waals surface area (Å²) < 4.78 is 7.02. The molecule has 0 unspecified atom stereocenters. The Labute approximate surface area is 177 Å². The number of aromatic nitrogens is 4. The van der Waals surface area contributed by atoms with Crippen LogP contribution in [-0.4, -0.2) is 44.2 Å². The molecule has 0 saturated carbocycles. The number of carbonyl (C=O) groups is 1. The third-order valence-corrected chi connectivity index (χ3v) is 4.92. The van der Waals surface area contributed by atoms with Gasteiger partial charge in [0.05, 0.1) is 6.33 Å². The molecule has 0 radical (unpaired) electrons. The monoisotopic (exact) mass is 425 g/mol. The summed E-state index contributed by atoms with van der Waals surface area (Å²) in [5.41, 5.74) is 0.410. The molecule has 0 saturated heterocycles. The van der Waals surface area contributed by atoms with E-state index < -0.39 is 6.09 Å². The van der Waals surface area contributed by atoms with Crippen molar-refractivity contribution in [3.05, 3.63) is 16.7 Å². The molecule has 29 heavy (non-hydrogen) atoms. The number of nitrogens with one attached hydrogen (secondary N) is 2. The van der Waals surface area contributed by atoms with Gasteiger partial charge in [-0.15, -0.1) is 0 Å². The van der Waals surface area contributed by atoms with Crippen LogP contribution in [0.2, 0.25) is 0 Å². The molecule has 0 bridgehead atoms. The van der Waals surface area contributed by atoms with Crippen molar-refractivity contribution in [2.75, 3.05) is 23.9 Å². The molecule has 2 rings (SSSR count). The van der Waals surface area contributed by atoms with Gasteiger partial charge < -0.3 is 9.30 Å². The van der Waals surface area contributed by atoms with Gasteiger partial charge in [0.25, 0.3) is 5.56 Å². The fraction of sp³-hybridized carbons (Fsp3) is 0.700. The second kappa shape index (κ2) is 14.0. The van der Waals surface area contributed by atoms with Gasteiger partial charge in [-0.25, -0.2) is 9.78 Å². The third-order valence-electron chi connectivity index (χ3n) is 4.35. The van der Waals surface area contributed by atoms with Crippen molar-refractivity contribution in [2.24, 2.45) is 0 Å². The standard InChI is InChI=1S/C18H29N5O3S.C2H6/c1-4-6-8-13(9-7-5-2)23-12-19-14-15(23)20-17(21-16(14)24)22-18(25)26-10-11-27-3;1-2/h12-13H,4-11H2,1-3H3,(H2,20,21,22,24,25);1-2H3. The molecule has 1 amide bonds. The van der Waals surface area contributed by atoms with Crippen LogP contribution >= 0.6 is 11.8 Å². The minimum atomic E-state index is -0.633. The highest BCUT2D eigenvalue weighted by Gasteiger charge is 2.18. The summed E-state index contributed by atoms with van der Waals surface area (Å²) in [5, 5.41) is 2.50. The number of H-pyrrole nitrogens is 1. The van der Waals surface area contributed by atoms with Crippen LogP contribution < -0.4 is 10.9 Å². The molecule has 2 aromatic rings. The number of fused-ring (bicyclic) bond motifs is 1. The van der Waals surface area contributed by atoms with Gasteiger partial charge in [0.1, 0.15) is 6.61 Å². The molecule has 2 aromatic heterocycles. The number of nitrogens with zero attached hydrogens (tertiary/aromatic N) is 3. The lowest BCUT2D eigenvalue weighted by Gasteiger charge is -2.18. The molecule has 0 spiro atoms. The number of ether oxygens (including phenoxy) is 1. The molecule has 164 valence electrons. The molecule has 0 aliphatic rings. The number of hydrogen-bond donors (Lipinski definition) is 2. The molecule has 0 aliphatic heterocycles. The van der Waals surface area contributed by atoms with Gasteiger partial charge in [-0.3, -0.25) is 15.1 Å². The van der Waals surface area contributed by atoms with Crippen molar-refractivity contribution in [3.8, 4) is 0 Å². The molecule has 8 nitrogen and oxygen atoms in total. The minimum Gasteiger partial charge on any atom is -0.448 e. The first-order valence-corrected chi connectivity index (χ1v) is 11.9. The molecule has 0 atom stereocenters. The van der Waals surface area contributed by atoms with E-state index in [1.165, 1.54) is 0 Å². The number of carbonyl (C=O) groups excluding carboxylic acids is 1. The van der Waals surface area contributed by atoms with Crippen LogP contribution in [0.15, 0.2) is 11.1 Å². The van der Waals surface area contributed by atoms with E-state index in [1.54, 1.807) is 18.1 Å². The van der Waals surface area contributed by atoms with E-state index in [2.05, 4.69) is 34.1 Å². The van der Waals surface area contributed by atoms with E-state index in [9.17, 15) is 9.59 Å². The number of anilines is 1. The average Bonchev–Trinajstić information content (AvgIpc) is 3.14. The fourth-order valence-corrected chi connectivity index (χ4v) is 3.15. The van der Waals surface area contributed by atoms with Crippen LogP contribution in [0.3, 0.4) is 0 Å². The number of rotatable bonds is 11. The van der Waals surface area contributed by atoms with Crippen LogP contribution in [0.25, 0.3) is 11.2 Å².